The van der Waals surface area contributed by atoms with Gasteiger partial charge in [0.2, 0.25) is 5.91 Å². The minimum atomic E-state index is -4.76. The van der Waals surface area contributed by atoms with Crippen molar-refractivity contribution in [1.82, 2.24) is 14.9 Å². The highest BCUT2D eigenvalue weighted by Gasteiger charge is 2.48. The van der Waals surface area contributed by atoms with E-state index in [4.69, 9.17) is 4.98 Å². The number of alkyl halides is 3. The van der Waals surface area contributed by atoms with E-state index in [1.165, 1.54) is 24.3 Å². The summed E-state index contributed by atoms with van der Waals surface area (Å²) in [5.74, 6) is 0.137. The topological polar surface area (TPSA) is 75.3 Å². The molecule has 0 spiro atoms. The van der Waals surface area contributed by atoms with E-state index in [9.17, 15) is 22.8 Å². The molecule has 1 N–H and O–H groups in total. The molecular formula is C25H22F3N3O3. The number of nitrogens with one attached hydrogen (secondary N) is 1. The van der Waals surface area contributed by atoms with Crippen molar-refractivity contribution in [3.63, 3.8) is 0 Å². The lowest BCUT2D eigenvalue weighted by atomic mass is 9.94. The molecule has 5 rings (SSSR count). The van der Waals surface area contributed by atoms with Gasteiger partial charge in [0, 0.05) is 13.0 Å². The Morgan fingerprint density at radius 1 is 1.09 bits per heavy atom. The second kappa shape index (κ2) is 8.30. The predicted octanol–water partition coefficient (Wildman–Crippen LogP) is 3.88. The number of carbonyl (C=O) groups is 1. The van der Waals surface area contributed by atoms with Gasteiger partial charge in [-0.25, -0.2) is 4.98 Å². The van der Waals surface area contributed by atoms with Crippen LogP contribution in [0.1, 0.15) is 41.1 Å². The van der Waals surface area contributed by atoms with Gasteiger partial charge in [-0.05, 0) is 36.1 Å². The van der Waals surface area contributed by atoms with E-state index in [-0.39, 0.29) is 35.6 Å². The molecule has 0 saturated heterocycles. The van der Waals surface area contributed by atoms with Crippen LogP contribution in [0.25, 0.3) is 0 Å². The van der Waals surface area contributed by atoms with Crippen molar-refractivity contribution >= 4 is 5.91 Å². The van der Waals surface area contributed by atoms with Crippen LogP contribution in [0.2, 0.25) is 0 Å². The Labute approximate surface area is 193 Å². The third kappa shape index (κ3) is 4.42. The largest absolute Gasteiger partial charge is 0.573 e. The molecule has 1 fully saturated rings. The Bertz CT molecular complexity index is 1270. The fraction of sp³-hybridized carbons (Fsp3) is 0.320. The number of hydrogen-bond acceptors (Lipinski definition) is 4. The summed E-state index contributed by atoms with van der Waals surface area (Å²) >= 11 is 0. The molecule has 2 aliphatic rings. The zero-order valence-corrected chi connectivity index (χ0v) is 18.2. The first-order valence-corrected chi connectivity index (χ1v) is 11.0. The van der Waals surface area contributed by atoms with E-state index in [0.29, 0.717) is 29.9 Å². The van der Waals surface area contributed by atoms with Crippen LogP contribution < -0.4 is 10.3 Å². The fourth-order valence-corrected chi connectivity index (χ4v) is 4.50. The molecular weight excluding hydrogens is 447 g/mol. The number of amides is 1. The van der Waals surface area contributed by atoms with Crippen molar-refractivity contribution in [1.29, 1.82) is 0 Å². The average Bonchev–Trinajstić information content (AvgIpc) is 3.62. The molecule has 0 unspecified atom stereocenters. The van der Waals surface area contributed by atoms with E-state index in [1.54, 1.807) is 4.90 Å². The third-order valence-corrected chi connectivity index (χ3v) is 6.46. The first-order valence-electron chi connectivity index (χ1n) is 11.0. The number of H-pyrrole nitrogens is 1. The maximum atomic E-state index is 12.9. The summed E-state index contributed by atoms with van der Waals surface area (Å²) in [5, 5.41) is 0. The van der Waals surface area contributed by atoms with Crippen molar-refractivity contribution in [3.05, 3.63) is 93.2 Å². The number of carbonyl (C=O) groups excluding carboxylic acids is 1. The molecule has 6 nitrogen and oxygen atoms in total. The summed E-state index contributed by atoms with van der Waals surface area (Å²) in [6, 6.07) is 15.2. The van der Waals surface area contributed by atoms with Crippen LogP contribution in [0.5, 0.6) is 5.75 Å². The number of aromatic nitrogens is 2. The summed E-state index contributed by atoms with van der Waals surface area (Å²) in [5.41, 5.74) is 2.43. The Kier molecular flexibility index (Phi) is 5.42. The lowest BCUT2D eigenvalue weighted by Gasteiger charge is -2.28. The Balaban J connectivity index is 1.29. The second-order valence-electron chi connectivity index (χ2n) is 8.72. The molecule has 176 valence electrons. The van der Waals surface area contributed by atoms with Gasteiger partial charge in [-0.2, -0.15) is 0 Å². The van der Waals surface area contributed by atoms with E-state index in [1.807, 2.05) is 18.2 Å². The highest BCUT2D eigenvalue weighted by molar-refractivity contribution is 5.79. The summed E-state index contributed by atoms with van der Waals surface area (Å²) < 4.78 is 40.8. The molecule has 0 bridgehead atoms. The molecule has 1 aliphatic carbocycles. The molecule has 1 amide bonds. The molecule has 0 radical (unpaired) electrons. The van der Waals surface area contributed by atoms with E-state index in [2.05, 4.69) is 21.9 Å². The molecule has 1 aromatic heterocycles. The van der Waals surface area contributed by atoms with Gasteiger partial charge >= 0.3 is 6.36 Å². The Hall–Kier alpha value is -3.62. The average molecular weight is 469 g/mol. The number of ether oxygens (including phenoxy) is 1. The molecule has 3 aromatic rings. The quantitative estimate of drug-likeness (QED) is 0.616. The summed E-state index contributed by atoms with van der Waals surface area (Å²) in [4.78, 5) is 35.1. The van der Waals surface area contributed by atoms with Crippen LogP contribution in [-0.2, 0) is 29.6 Å². The number of hydrogen-bond donors (Lipinski definition) is 1. The van der Waals surface area contributed by atoms with Gasteiger partial charge in [-0.1, -0.05) is 42.5 Å². The van der Waals surface area contributed by atoms with Gasteiger partial charge in [0.05, 0.1) is 29.6 Å². The number of halogens is 3. The van der Waals surface area contributed by atoms with Crippen LogP contribution in [0.15, 0.2) is 59.4 Å². The minimum Gasteiger partial charge on any atom is -0.406 e. The number of rotatable bonds is 5. The third-order valence-electron chi connectivity index (χ3n) is 6.46. The van der Waals surface area contributed by atoms with Crippen molar-refractivity contribution in [2.24, 2.45) is 0 Å². The van der Waals surface area contributed by atoms with E-state index in [0.717, 1.165) is 24.1 Å². The van der Waals surface area contributed by atoms with Gasteiger partial charge in [0.25, 0.3) is 5.56 Å². The zero-order valence-electron chi connectivity index (χ0n) is 18.2. The summed E-state index contributed by atoms with van der Waals surface area (Å²) in [6.07, 6.45) is -2.42. The maximum Gasteiger partial charge on any atom is 0.573 e. The number of benzene rings is 2. The lowest BCUT2D eigenvalue weighted by molar-refractivity contribution is -0.274. The smallest absolute Gasteiger partial charge is 0.406 e. The zero-order chi connectivity index (χ0) is 23.9. The molecule has 1 saturated carbocycles. The first-order chi connectivity index (χ1) is 16.2. The Morgan fingerprint density at radius 2 is 1.79 bits per heavy atom. The molecule has 2 heterocycles. The van der Waals surface area contributed by atoms with Crippen molar-refractivity contribution in [3.8, 4) is 5.75 Å². The summed E-state index contributed by atoms with van der Waals surface area (Å²) in [7, 11) is 0. The van der Waals surface area contributed by atoms with Gasteiger partial charge in [-0.15, -0.1) is 13.2 Å². The van der Waals surface area contributed by atoms with Gasteiger partial charge in [0.15, 0.2) is 0 Å². The maximum absolute atomic E-state index is 12.9. The normalized spacial score (nSPS) is 16.6. The molecule has 0 atom stereocenters. The van der Waals surface area contributed by atoms with E-state index >= 15 is 0 Å². The van der Waals surface area contributed by atoms with Crippen LogP contribution in [0, 0.1) is 0 Å². The SMILES string of the molecule is O=C(Cc1ccc(OC(F)(F)F)cc1)N1CCc2nc(C3(c4ccccc4)CC3)[nH]c(=O)c2C1. The Morgan fingerprint density at radius 3 is 2.44 bits per heavy atom. The summed E-state index contributed by atoms with van der Waals surface area (Å²) in [6.45, 7) is 0.583. The van der Waals surface area contributed by atoms with Gasteiger partial charge in [-0.3, -0.25) is 9.59 Å². The van der Waals surface area contributed by atoms with Crippen LogP contribution in [0.4, 0.5) is 13.2 Å². The predicted molar refractivity (Wildman–Crippen MR) is 117 cm³/mol. The van der Waals surface area contributed by atoms with E-state index < -0.39 is 6.36 Å². The monoisotopic (exact) mass is 469 g/mol. The van der Waals surface area contributed by atoms with Crippen molar-refractivity contribution in [2.45, 2.75) is 44.0 Å². The van der Waals surface area contributed by atoms with Crippen LogP contribution >= 0.6 is 0 Å². The lowest BCUT2D eigenvalue weighted by Crippen LogP contribution is -2.41. The molecule has 2 aromatic carbocycles. The highest BCUT2D eigenvalue weighted by Crippen LogP contribution is 2.51. The van der Waals surface area contributed by atoms with Crippen LogP contribution in [-0.4, -0.2) is 33.7 Å². The van der Waals surface area contributed by atoms with Gasteiger partial charge < -0.3 is 14.6 Å². The number of aromatic amines is 1. The van der Waals surface area contributed by atoms with Crippen LogP contribution in [0.3, 0.4) is 0 Å². The van der Waals surface area contributed by atoms with Crippen molar-refractivity contribution in [2.75, 3.05) is 6.54 Å². The standard InChI is InChI=1S/C25H22F3N3O3/c26-25(27,28)34-18-8-6-16(7-9-18)14-21(32)31-13-10-20-19(15-31)22(33)30-23(29-20)24(11-12-24)17-4-2-1-3-5-17/h1-9H,10-15H2,(H,29,30,33). The molecule has 1 aliphatic heterocycles. The fourth-order valence-electron chi connectivity index (χ4n) is 4.50. The van der Waals surface area contributed by atoms with Crippen molar-refractivity contribution < 1.29 is 22.7 Å². The highest BCUT2D eigenvalue weighted by atomic mass is 19.4. The minimum absolute atomic E-state index is 0.0160. The number of fused-ring (bicyclic) bond motifs is 1. The first kappa shape index (κ1) is 22.2. The molecule has 9 heteroatoms. The van der Waals surface area contributed by atoms with Gasteiger partial charge in [0.1, 0.15) is 11.6 Å². The number of nitrogens with zero attached hydrogens (tertiary/aromatic N) is 2. The molecule has 34 heavy (non-hydrogen) atoms. The second-order valence-corrected chi connectivity index (χ2v) is 8.72.